The molecule has 3 aromatic rings. The molecule has 2 heterocycles. The van der Waals surface area contributed by atoms with E-state index >= 15 is 0 Å². The standard InChI is InChI=1S/C16H18N4/c1-3-18-16(15-8-9-19-20(15)2)14-11-17-10-12-6-4-5-7-13(12)14/h4-11,16,18H,3H2,1-2H3. The van der Waals surface area contributed by atoms with Crippen LogP contribution < -0.4 is 5.32 Å². The van der Waals surface area contributed by atoms with E-state index in [0.29, 0.717) is 0 Å². The molecule has 0 aliphatic rings. The number of nitrogens with one attached hydrogen (secondary N) is 1. The normalized spacial score (nSPS) is 12.7. The van der Waals surface area contributed by atoms with Crippen LogP contribution in [0.4, 0.5) is 0 Å². The molecule has 0 spiro atoms. The molecule has 0 radical (unpaired) electrons. The second-order valence-corrected chi connectivity index (χ2v) is 4.82. The van der Waals surface area contributed by atoms with Crippen LogP contribution >= 0.6 is 0 Å². The Labute approximate surface area is 118 Å². The Bertz CT molecular complexity index is 712. The molecule has 0 aliphatic carbocycles. The van der Waals surface area contributed by atoms with Gasteiger partial charge in [0.15, 0.2) is 0 Å². The van der Waals surface area contributed by atoms with Gasteiger partial charge in [-0.05, 0) is 18.0 Å². The first-order chi connectivity index (χ1) is 9.81. The molecule has 1 N–H and O–H groups in total. The Hall–Kier alpha value is -2.20. The largest absolute Gasteiger partial charge is 0.305 e. The quantitative estimate of drug-likeness (QED) is 0.789. The van der Waals surface area contributed by atoms with Crippen LogP contribution in [0.1, 0.15) is 24.2 Å². The summed E-state index contributed by atoms with van der Waals surface area (Å²) in [4.78, 5) is 4.39. The first kappa shape index (κ1) is 12.8. The number of aromatic nitrogens is 3. The molecule has 2 aromatic heterocycles. The van der Waals surface area contributed by atoms with Crippen molar-refractivity contribution >= 4 is 10.8 Å². The molecule has 3 rings (SSSR count). The third kappa shape index (κ3) is 2.18. The molecule has 1 unspecified atom stereocenters. The van der Waals surface area contributed by atoms with Gasteiger partial charge >= 0.3 is 0 Å². The molecule has 0 aliphatic heterocycles. The van der Waals surface area contributed by atoms with E-state index in [9.17, 15) is 0 Å². The zero-order chi connectivity index (χ0) is 13.9. The van der Waals surface area contributed by atoms with Crippen molar-refractivity contribution < 1.29 is 0 Å². The third-order valence-corrected chi connectivity index (χ3v) is 3.57. The Kier molecular flexibility index (Phi) is 3.48. The SMILES string of the molecule is CCNC(c1cncc2ccccc12)c1ccnn1C. The van der Waals surface area contributed by atoms with Crippen molar-refractivity contribution in [3.63, 3.8) is 0 Å². The summed E-state index contributed by atoms with van der Waals surface area (Å²) in [7, 11) is 1.97. The summed E-state index contributed by atoms with van der Waals surface area (Å²) in [6.07, 6.45) is 5.69. The maximum Gasteiger partial charge on any atom is 0.0769 e. The minimum absolute atomic E-state index is 0.103. The van der Waals surface area contributed by atoms with Gasteiger partial charge in [0.05, 0.1) is 11.7 Å². The van der Waals surface area contributed by atoms with E-state index in [-0.39, 0.29) is 6.04 Å². The molecule has 102 valence electrons. The second kappa shape index (κ2) is 5.43. The summed E-state index contributed by atoms with van der Waals surface area (Å²) in [5.74, 6) is 0. The van der Waals surface area contributed by atoms with Crippen molar-refractivity contribution in [3.05, 3.63) is 60.2 Å². The number of aryl methyl sites for hydroxylation is 1. The first-order valence-corrected chi connectivity index (χ1v) is 6.85. The van der Waals surface area contributed by atoms with Crippen molar-refractivity contribution in [2.45, 2.75) is 13.0 Å². The Morgan fingerprint density at radius 1 is 1.20 bits per heavy atom. The van der Waals surface area contributed by atoms with E-state index in [1.54, 1.807) is 0 Å². The van der Waals surface area contributed by atoms with Crippen molar-refractivity contribution in [2.75, 3.05) is 6.54 Å². The average Bonchev–Trinajstić information content (AvgIpc) is 2.90. The van der Waals surface area contributed by atoms with Crippen molar-refractivity contribution in [1.82, 2.24) is 20.1 Å². The van der Waals surface area contributed by atoms with E-state index in [2.05, 4.69) is 46.6 Å². The fraction of sp³-hybridized carbons (Fsp3) is 0.250. The van der Waals surface area contributed by atoms with Crippen LogP contribution in [0.15, 0.2) is 48.9 Å². The number of pyridine rings is 1. The van der Waals surface area contributed by atoms with Crippen LogP contribution in [0.5, 0.6) is 0 Å². The van der Waals surface area contributed by atoms with E-state index in [0.717, 1.165) is 17.6 Å². The van der Waals surface area contributed by atoms with Crippen LogP contribution in [0, 0.1) is 0 Å². The lowest BCUT2D eigenvalue weighted by molar-refractivity contribution is 0.574. The average molecular weight is 266 g/mol. The Morgan fingerprint density at radius 3 is 2.80 bits per heavy atom. The lowest BCUT2D eigenvalue weighted by Crippen LogP contribution is -2.24. The smallest absolute Gasteiger partial charge is 0.0769 e. The first-order valence-electron chi connectivity index (χ1n) is 6.85. The van der Waals surface area contributed by atoms with Crippen LogP contribution in [-0.2, 0) is 7.05 Å². The summed E-state index contributed by atoms with van der Waals surface area (Å²) in [6, 6.07) is 10.5. The highest BCUT2D eigenvalue weighted by Gasteiger charge is 2.18. The summed E-state index contributed by atoms with van der Waals surface area (Å²) in [5.41, 5.74) is 2.33. The van der Waals surface area contributed by atoms with Gasteiger partial charge < -0.3 is 5.32 Å². The van der Waals surface area contributed by atoms with Gasteiger partial charge in [0, 0.05) is 36.6 Å². The van der Waals surface area contributed by atoms with Gasteiger partial charge in [0.1, 0.15) is 0 Å². The highest BCUT2D eigenvalue weighted by molar-refractivity contribution is 5.85. The molecule has 1 atom stereocenters. The van der Waals surface area contributed by atoms with Gasteiger partial charge in [0.25, 0.3) is 0 Å². The summed E-state index contributed by atoms with van der Waals surface area (Å²) in [6.45, 7) is 3.00. The highest BCUT2D eigenvalue weighted by Crippen LogP contribution is 2.27. The number of rotatable bonds is 4. The zero-order valence-corrected chi connectivity index (χ0v) is 11.7. The zero-order valence-electron chi connectivity index (χ0n) is 11.7. The molecule has 1 aromatic carbocycles. The van der Waals surface area contributed by atoms with Crippen LogP contribution in [0.2, 0.25) is 0 Å². The van der Waals surface area contributed by atoms with Gasteiger partial charge in [-0.2, -0.15) is 5.10 Å². The number of hydrogen-bond donors (Lipinski definition) is 1. The van der Waals surface area contributed by atoms with E-state index in [1.165, 1.54) is 10.9 Å². The highest BCUT2D eigenvalue weighted by atomic mass is 15.3. The molecule has 0 fully saturated rings. The molecular formula is C16H18N4. The lowest BCUT2D eigenvalue weighted by atomic mass is 9.99. The molecular weight excluding hydrogens is 248 g/mol. The van der Waals surface area contributed by atoms with Crippen molar-refractivity contribution in [3.8, 4) is 0 Å². The topological polar surface area (TPSA) is 42.7 Å². The Morgan fingerprint density at radius 2 is 2.05 bits per heavy atom. The molecule has 0 saturated heterocycles. The van der Waals surface area contributed by atoms with Gasteiger partial charge in [-0.25, -0.2) is 0 Å². The fourth-order valence-electron chi connectivity index (χ4n) is 2.62. The molecule has 0 bridgehead atoms. The van der Waals surface area contributed by atoms with Gasteiger partial charge in [0.2, 0.25) is 0 Å². The molecule has 0 saturated carbocycles. The van der Waals surface area contributed by atoms with E-state index in [4.69, 9.17) is 0 Å². The minimum Gasteiger partial charge on any atom is -0.305 e. The van der Waals surface area contributed by atoms with Crippen molar-refractivity contribution in [2.24, 2.45) is 7.05 Å². The molecule has 4 nitrogen and oxygen atoms in total. The summed E-state index contributed by atoms with van der Waals surface area (Å²) in [5, 5.41) is 10.2. The predicted molar refractivity (Wildman–Crippen MR) is 80.5 cm³/mol. The van der Waals surface area contributed by atoms with Crippen LogP contribution in [0.25, 0.3) is 10.8 Å². The fourth-order valence-corrected chi connectivity index (χ4v) is 2.62. The minimum atomic E-state index is 0.103. The number of hydrogen-bond acceptors (Lipinski definition) is 3. The number of benzene rings is 1. The van der Waals surface area contributed by atoms with Crippen LogP contribution in [0.3, 0.4) is 0 Å². The second-order valence-electron chi connectivity index (χ2n) is 4.82. The predicted octanol–water partition coefficient (Wildman–Crippen LogP) is 2.67. The third-order valence-electron chi connectivity index (χ3n) is 3.57. The maximum absolute atomic E-state index is 4.39. The lowest BCUT2D eigenvalue weighted by Gasteiger charge is -2.20. The number of fused-ring (bicyclic) bond motifs is 1. The van der Waals surface area contributed by atoms with Gasteiger partial charge in [-0.15, -0.1) is 0 Å². The van der Waals surface area contributed by atoms with E-state index in [1.807, 2.05) is 36.4 Å². The molecule has 20 heavy (non-hydrogen) atoms. The van der Waals surface area contributed by atoms with Crippen molar-refractivity contribution in [1.29, 1.82) is 0 Å². The monoisotopic (exact) mass is 266 g/mol. The Balaban J connectivity index is 2.17. The van der Waals surface area contributed by atoms with Gasteiger partial charge in [-0.3, -0.25) is 9.67 Å². The molecule has 4 heteroatoms. The maximum atomic E-state index is 4.39. The van der Waals surface area contributed by atoms with Crippen LogP contribution in [-0.4, -0.2) is 21.3 Å². The summed E-state index contributed by atoms with van der Waals surface area (Å²) >= 11 is 0. The molecule has 0 amide bonds. The summed E-state index contributed by atoms with van der Waals surface area (Å²) < 4.78 is 1.91. The van der Waals surface area contributed by atoms with E-state index < -0.39 is 0 Å². The number of nitrogens with zero attached hydrogens (tertiary/aromatic N) is 3. The van der Waals surface area contributed by atoms with Gasteiger partial charge in [-0.1, -0.05) is 31.2 Å².